The molecule has 0 N–H and O–H groups in total. The van der Waals surface area contributed by atoms with E-state index in [0.29, 0.717) is 63.6 Å². The van der Waals surface area contributed by atoms with Crippen LogP contribution in [0, 0.1) is 26.7 Å². The first-order valence-corrected chi connectivity index (χ1v) is 11.8. The number of nitrogens with zero attached hydrogens (tertiary/aromatic N) is 2. The number of hydrogen-bond donors (Lipinski definition) is 0. The normalized spacial score (nSPS) is 23.2. The molecule has 4 rings (SSSR count). The van der Waals surface area contributed by atoms with E-state index in [0.717, 1.165) is 16.7 Å². The third-order valence-electron chi connectivity index (χ3n) is 6.33. The number of piperidine rings is 1. The molecule has 0 atom stereocenters. The van der Waals surface area contributed by atoms with E-state index in [1.165, 1.54) is 4.31 Å². The van der Waals surface area contributed by atoms with Crippen LogP contribution >= 0.6 is 0 Å². The first-order valence-electron chi connectivity index (χ1n) is 10.4. The molecule has 0 aliphatic carbocycles. The van der Waals surface area contributed by atoms with Gasteiger partial charge in [-0.25, -0.2) is 8.42 Å². The van der Waals surface area contributed by atoms with E-state index in [4.69, 9.17) is 9.47 Å². The Hall–Kier alpha value is -1.48. The highest BCUT2D eigenvalue weighted by Crippen LogP contribution is 2.33. The summed E-state index contributed by atoms with van der Waals surface area (Å²) in [5.74, 6) is -0.654. The van der Waals surface area contributed by atoms with Crippen molar-refractivity contribution in [3.05, 3.63) is 28.8 Å². The minimum absolute atomic E-state index is 0.0979. The summed E-state index contributed by atoms with van der Waals surface area (Å²) in [6, 6.07) is 3.82. The van der Waals surface area contributed by atoms with Gasteiger partial charge in [0.15, 0.2) is 5.79 Å². The van der Waals surface area contributed by atoms with Crippen LogP contribution < -0.4 is 0 Å². The summed E-state index contributed by atoms with van der Waals surface area (Å²) in [7, 11) is -3.56. The molecule has 0 bridgehead atoms. The third-order valence-corrected chi connectivity index (χ3v) is 8.53. The molecule has 0 radical (unpaired) electrons. The second-order valence-electron chi connectivity index (χ2n) is 8.52. The van der Waals surface area contributed by atoms with Crippen molar-refractivity contribution in [1.82, 2.24) is 9.21 Å². The van der Waals surface area contributed by atoms with E-state index in [9.17, 15) is 13.2 Å². The number of benzene rings is 1. The van der Waals surface area contributed by atoms with Gasteiger partial charge in [-0.2, -0.15) is 4.31 Å². The quantitative estimate of drug-likeness (QED) is 0.745. The molecule has 7 nitrogen and oxygen atoms in total. The van der Waals surface area contributed by atoms with E-state index in [1.54, 1.807) is 0 Å². The van der Waals surface area contributed by atoms with Crippen molar-refractivity contribution in [3.8, 4) is 0 Å². The van der Waals surface area contributed by atoms with Crippen molar-refractivity contribution in [2.75, 3.05) is 39.4 Å². The summed E-state index contributed by atoms with van der Waals surface area (Å²) in [5.41, 5.74) is 2.61. The summed E-state index contributed by atoms with van der Waals surface area (Å²) < 4.78 is 39.4. The van der Waals surface area contributed by atoms with Crippen LogP contribution in [0.5, 0.6) is 0 Å². The molecular formula is C21H30N2O5S. The highest BCUT2D eigenvalue weighted by atomic mass is 32.2. The van der Waals surface area contributed by atoms with E-state index in [1.807, 2.05) is 37.8 Å². The average molecular weight is 423 g/mol. The van der Waals surface area contributed by atoms with Crippen LogP contribution in [0.3, 0.4) is 0 Å². The second kappa shape index (κ2) is 7.65. The molecule has 3 saturated heterocycles. The standard InChI is InChI=1S/C21H30N2O5S/c1-15-12-16(2)19(17(3)13-15)29(25,26)23-7-4-18(5-8-23)20(24)22-9-6-21(14-22)27-10-11-28-21/h12-13,18H,4-11,14H2,1-3H3. The van der Waals surface area contributed by atoms with Gasteiger partial charge in [-0.3, -0.25) is 4.79 Å². The molecule has 3 heterocycles. The smallest absolute Gasteiger partial charge is 0.243 e. The molecule has 1 aromatic carbocycles. The molecule has 0 aromatic heterocycles. The van der Waals surface area contributed by atoms with Crippen LogP contribution in [-0.2, 0) is 24.3 Å². The Labute approximate surface area is 173 Å². The maximum absolute atomic E-state index is 13.2. The van der Waals surface area contributed by atoms with Gasteiger partial charge in [0.2, 0.25) is 15.9 Å². The molecular weight excluding hydrogens is 392 g/mol. The number of aryl methyl sites for hydroxylation is 3. The Bertz CT molecular complexity index is 877. The van der Waals surface area contributed by atoms with Crippen molar-refractivity contribution < 1.29 is 22.7 Å². The third kappa shape index (κ3) is 3.83. The Morgan fingerprint density at radius 1 is 1.03 bits per heavy atom. The molecule has 3 aliphatic heterocycles. The Kier molecular flexibility index (Phi) is 5.48. The van der Waals surface area contributed by atoms with E-state index < -0.39 is 15.8 Å². The van der Waals surface area contributed by atoms with Gasteiger partial charge in [0.25, 0.3) is 0 Å². The molecule has 8 heteroatoms. The number of amides is 1. The minimum Gasteiger partial charge on any atom is -0.346 e. The molecule has 160 valence electrons. The maximum atomic E-state index is 13.2. The second-order valence-corrected chi connectivity index (χ2v) is 10.4. The fourth-order valence-electron chi connectivity index (χ4n) is 4.98. The van der Waals surface area contributed by atoms with Crippen LogP contribution in [0.2, 0.25) is 0 Å². The van der Waals surface area contributed by atoms with Gasteiger partial charge in [0.05, 0.1) is 24.7 Å². The summed E-state index contributed by atoms with van der Waals surface area (Å²) >= 11 is 0. The first kappa shape index (κ1) is 20.8. The van der Waals surface area contributed by atoms with Crippen LogP contribution in [0.4, 0.5) is 0 Å². The lowest BCUT2D eigenvalue weighted by molar-refractivity contribution is -0.154. The predicted molar refractivity (Wildman–Crippen MR) is 108 cm³/mol. The van der Waals surface area contributed by atoms with E-state index in [2.05, 4.69) is 0 Å². The van der Waals surface area contributed by atoms with E-state index in [-0.39, 0.29) is 11.8 Å². The fraction of sp³-hybridized carbons (Fsp3) is 0.667. The number of carbonyl (C=O) groups is 1. The van der Waals surface area contributed by atoms with Crippen molar-refractivity contribution in [3.63, 3.8) is 0 Å². The number of carbonyl (C=O) groups excluding carboxylic acids is 1. The molecule has 3 fully saturated rings. The van der Waals surface area contributed by atoms with Gasteiger partial charge in [-0.1, -0.05) is 17.7 Å². The highest BCUT2D eigenvalue weighted by molar-refractivity contribution is 7.89. The summed E-state index contributed by atoms with van der Waals surface area (Å²) in [6.45, 7) is 8.68. The van der Waals surface area contributed by atoms with Crippen LogP contribution in [-0.4, -0.2) is 68.7 Å². The van der Waals surface area contributed by atoms with Crippen molar-refractivity contribution in [2.24, 2.45) is 5.92 Å². The lowest BCUT2D eigenvalue weighted by Gasteiger charge is -2.33. The number of sulfonamides is 1. The van der Waals surface area contributed by atoms with Gasteiger partial charge in [-0.05, 0) is 44.7 Å². The predicted octanol–water partition coefficient (Wildman–Crippen LogP) is 1.99. The lowest BCUT2D eigenvalue weighted by Crippen LogP contribution is -2.45. The molecule has 0 unspecified atom stereocenters. The number of likely N-dealkylation sites (tertiary alicyclic amines) is 1. The summed E-state index contributed by atoms with van der Waals surface area (Å²) in [6.07, 6.45) is 1.80. The van der Waals surface area contributed by atoms with Crippen molar-refractivity contribution in [1.29, 1.82) is 0 Å². The Morgan fingerprint density at radius 2 is 1.62 bits per heavy atom. The van der Waals surface area contributed by atoms with Crippen LogP contribution in [0.25, 0.3) is 0 Å². The van der Waals surface area contributed by atoms with Gasteiger partial charge in [0.1, 0.15) is 0 Å². The maximum Gasteiger partial charge on any atom is 0.243 e. The zero-order valence-corrected chi connectivity index (χ0v) is 18.3. The van der Waals surface area contributed by atoms with Gasteiger partial charge in [0, 0.05) is 32.0 Å². The topological polar surface area (TPSA) is 76.2 Å². The molecule has 1 aromatic rings. The highest BCUT2D eigenvalue weighted by Gasteiger charge is 2.46. The van der Waals surface area contributed by atoms with Crippen molar-refractivity contribution in [2.45, 2.75) is 50.7 Å². The molecule has 1 amide bonds. The van der Waals surface area contributed by atoms with E-state index >= 15 is 0 Å². The lowest BCUT2D eigenvalue weighted by atomic mass is 9.96. The van der Waals surface area contributed by atoms with Gasteiger partial charge >= 0.3 is 0 Å². The van der Waals surface area contributed by atoms with Crippen LogP contribution in [0.1, 0.15) is 36.0 Å². The molecule has 29 heavy (non-hydrogen) atoms. The largest absolute Gasteiger partial charge is 0.346 e. The average Bonchev–Trinajstić information content (AvgIpc) is 3.30. The Morgan fingerprint density at radius 3 is 2.21 bits per heavy atom. The number of hydrogen-bond acceptors (Lipinski definition) is 5. The number of rotatable bonds is 3. The molecule has 0 saturated carbocycles. The molecule has 3 aliphatic rings. The van der Waals surface area contributed by atoms with Gasteiger partial charge < -0.3 is 14.4 Å². The van der Waals surface area contributed by atoms with Crippen molar-refractivity contribution >= 4 is 15.9 Å². The monoisotopic (exact) mass is 422 g/mol. The first-order chi connectivity index (χ1) is 13.7. The zero-order valence-electron chi connectivity index (χ0n) is 17.4. The minimum atomic E-state index is -3.56. The summed E-state index contributed by atoms with van der Waals surface area (Å²) in [5, 5.41) is 0. The Balaban J connectivity index is 1.41. The summed E-state index contributed by atoms with van der Waals surface area (Å²) in [4.78, 5) is 15.2. The van der Waals surface area contributed by atoms with Gasteiger partial charge in [-0.15, -0.1) is 0 Å². The number of ether oxygens (including phenoxy) is 2. The molecule has 1 spiro atoms. The fourth-order valence-corrected chi connectivity index (χ4v) is 6.86. The SMILES string of the molecule is Cc1cc(C)c(S(=O)(=O)N2CCC(C(=O)N3CCC4(C3)OCCO4)CC2)c(C)c1. The zero-order chi connectivity index (χ0) is 20.8. The van der Waals surface area contributed by atoms with Crippen LogP contribution in [0.15, 0.2) is 17.0 Å².